The molecule has 2 aromatic heterocycles. The smallest absolute Gasteiger partial charge is 0.136 e. The van der Waals surface area contributed by atoms with E-state index in [0.29, 0.717) is 20.6 Å². The minimum Gasteiger partial charge on any atom is -0.496 e. The Balaban J connectivity index is 2.24. The van der Waals surface area contributed by atoms with Gasteiger partial charge in [-0.3, -0.25) is 4.98 Å². The lowest BCUT2D eigenvalue weighted by Gasteiger charge is -2.20. The van der Waals surface area contributed by atoms with E-state index >= 15 is 0 Å². The first-order valence-corrected chi connectivity index (χ1v) is 10.3. The predicted octanol–water partition coefficient (Wildman–Crippen LogP) is 6.53. The summed E-state index contributed by atoms with van der Waals surface area (Å²) in [6.07, 6.45) is 6.79. The summed E-state index contributed by atoms with van der Waals surface area (Å²) < 4.78 is 6.39. The van der Waals surface area contributed by atoms with Crippen LogP contribution in [0.1, 0.15) is 29.8 Å². The van der Waals surface area contributed by atoms with Gasteiger partial charge in [0.2, 0.25) is 0 Å². The Hall–Kier alpha value is -2.15. The third kappa shape index (κ3) is 4.89. The molecule has 1 atom stereocenters. The first kappa shape index (κ1) is 21.6. The summed E-state index contributed by atoms with van der Waals surface area (Å²) in [5.41, 5.74) is 3.63. The minimum absolute atomic E-state index is 0.207. The molecule has 0 aliphatic heterocycles. The summed E-state index contributed by atoms with van der Waals surface area (Å²) in [4.78, 5) is 16.2. The van der Waals surface area contributed by atoms with Crippen molar-refractivity contribution >= 4 is 39.1 Å². The number of aromatic nitrogens is 4. The molecule has 0 fully saturated rings. The van der Waals surface area contributed by atoms with Crippen molar-refractivity contribution in [2.24, 2.45) is 0 Å². The van der Waals surface area contributed by atoms with Crippen molar-refractivity contribution in [2.45, 2.75) is 19.8 Å². The number of pyridine rings is 1. The van der Waals surface area contributed by atoms with Gasteiger partial charge in [-0.15, -0.1) is 0 Å². The van der Waals surface area contributed by atoms with Gasteiger partial charge in [-0.2, -0.15) is 0 Å². The molecule has 0 saturated heterocycles. The lowest BCUT2D eigenvalue weighted by atomic mass is 9.91. The first-order chi connectivity index (χ1) is 13.9. The molecular weight excluding hydrogens is 475 g/mol. The van der Waals surface area contributed by atoms with Crippen LogP contribution in [0.2, 0.25) is 10.2 Å². The van der Waals surface area contributed by atoms with Crippen LogP contribution in [-0.2, 0) is 0 Å². The van der Waals surface area contributed by atoms with Gasteiger partial charge in [-0.1, -0.05) is 36.2 Å². The number of ether oxygens (including phenoxy) is 1. The van der Waals surface area contributed by atoms with Crippen molar-refractivity contribution in [2.75, 3.05) is 7.11 Å². The maximum Gasteiger partial charge on any atom is 0.136 e. The van der Waals surface area contributed by atoms with Gasteiger partial charge in [0.1, 0.15) is 21.3 Å². The number of methoxy groups -OCH3 is 1. The fourth-order valence-electron chi connectivity index (χ4n) is 3.04. The Morgan fingerprint density at radius 3 is 2.69 bits per heavy atom. The molecule has 0 aliphatic carbocycles. The number of H-pyrrole nitrogens is 1. The molecule has 0 aliphatic rings. The van der Waals surface area contributed by atoms with Crippen LogP contribution in [-0.4, -0.2) is 27.0 Å². The fraction of sp³-hybridized carbons (Fsp3) is 0.190. The third-order valence-corrected chi connectivity index (χ3v) is 5.50. The highest BCUT2D eigenvalue weighted by atomic mass is 79.9. The molecule has 0 spiro atoms. The molecule has 5 nitrogen and oxygen atoms in total. The molecule has 0 amide bonds. The molecule has 0 radical (unpaired) electrons. The van der Waals surface area contributed by atoms with E-state index in [2.05, 4.69) is 35.9 Å². The van der Waals surface area contributed by atoms with Crippen LogP contribution < -0.4 is 4.74 Å². The fourth-order valence-corrected chi connectivity index (χ4v) is 3.96. The Bertz CT molecular complexity index is 1070. The highest BCUT2D eigenvalue weighted by Gasteiger charge is 2.23. The van der Waals surface area contributed by atoms with E-state index in [-0.39, 0.29) is 5.92 Å². The van der Waals surface area contributed by atoms with E-state index in [4.69, 9.17) is 27.9 Å². The van der Waals surface area contributed by atoms with Gasteiger partial charge in [0.15, 0.2) is 0 Å². The average molecular weight is 494 g/mol. The lowest BCUT2D eigenvalue weighted by molar-refractivity contribution is 0.409. The summed E-state index contributed by atoms with van der Waals surface area (Å²) in [5.74, 6) is 1.09. The molecule has 1 aromatic carbocycles. The number of hydrogen-bond acceptors (Lipinski definition) is 4. The number of hydrogen-bond donors (Lipinski definition) is 1. The quantitative estimate of drug-likeness (QED) is 0.448. The molecular formula is C21H19BrCl2N4O. The zero-order valence-corrected chi connectivity index (χ0v) is 19.2. The number of nitrogens with one attached hydrogen (secondary N) is 1. The minimum atomic E-state index is -0.207. The van der Waals surface area contributed by atoms with Crippen molar-refractivity contribution in [3.8, 4) is 16.9 Å². The summed E-state index contributed by atoms with van der Waals surface area (Å²) in [5, 5.41) is 1.06. The zero-order valence-electron chi connectivity index (χ0n) is 16.1. The predicted molar refractivity (Wildman–Crippen MR) is 120 cm³/mol. The number of halogens is 3. The van der Waals surface area contributed by atoms with Gasteiger partial charge >= 0.3 is 0 Å². The largest absolute Gasteiger partial charge is 0.496 e. The van der Waals surface area contributed by atoms with Crippen molar-refractivity contribution < 1.29 is 4.74 Å². The van der Waals surface area contributed by atoms with Gasteiger partial charge in [0, 0.05) is 58.5 Å². The number of rotatable bonds is 4. The molecule has 3 rings (SSSR count). The Morgan fingerprint density at radius 2 is 2.00 bits per heavy atom. The lowest BCUT2D eigenvalue weighted by Crippen LogP contribution is -2.06. The van der Waals surface area contributed by atoms with Gasteiger partial charge in [-0.05, 0) is 40.5 Å². The summed E-state index contributed by atoms with van der Waals surface area (Å²) in [6, 6.07) is 7.44. The van der Waals surface area contributed by atoms with Crippen LogP contribution in [0.25, 0.3) is 11.1 Å². The van der Waals surface area contributed by atoms with Crippen LogP contribution in [0.5, 0.6) is 5.75 Å². The Labute approximate surface area is 188 Å². The molecule has 2 heterocycles. The second-order valence-electron chi connectivity index (χ2n) is 6.32. The Morgan fingerprint density at radius 1 is 1.21 bits per heavy atom. The van der Waals surface area contributed by atoms with E-state index in [1.54, 1.807) is 38.0 Å². The maximum absolute atomic E-state index is 6.60. The van der Waals surface area contributed by atoms with Crippen molar-refractivity contribution in [1.29, 1.82) is 0 Å². The SMILES string of the molecule is COc1c(C(C)c2ncc[nH]c(Cl)cc(Br)n2)cc(Cl)c(C)c1-c1cccnc1. The van der Waals surface area contributed by atoms with E-state index in [1.165, 1.54) is 0 Å². The highest BCUT2D eigenvalue weighted by Crippen LogP contribution is 2.43. The summed E-state index contributed by atoms with van der Waals surface area (Å²) >= 11 is 16.1. The topological polar surface area (TPSA) is 63.7 Å². The third-order valence-electron chi connectivity index (χ3n) is 4.48. The summed E-state index contributed by atoms with van der Waals surface area (Å²) in [6.45, 7) is 3.97. The summed E-state index contributed by atoms with van der Waals surface area (Å²) in [7, 11) is 1.65. The first-order valence-electron chi connectivity index (χ1n) is 8.80. The van der Waals surface area contributed by atoms with E-state index in [1.807, 2.05) is 32.0 Å². The van der Waals surface area contributed by atoms with Crippen LogP contribution in [0.3, 0.4) is 0 Å². The molecule has 150 valence electrons. The van der Waals surface area contributed by atoms with Crippen molar-refractivity contribution in [3.63, 3.8) is 0 Å². The van der Waals surface area contributed by atoms with Crippen LogP contribution in [0.4, 0.5) is 0 Å². The van der Waals surface area contributed by atoms with Gasteiger partial charge in [0.25, 0.3) is 0 Å². The normalized spacial score (nSPS) is 11.7. The molecule has 8 heteroatoms. The molecule has 3 aromatic rings. The Kier molecular flexibility index (Phi) is 7.11. The molecule has 1 unspecified atom stereocenters. The van der Waals surface area contributed by atoms with Crippen molar-refractivity contribution in [3.05, 3.63) is 80.8 Å². The number of nitrogens with zero attached hydrogens (tertiary/aromatic N) is 3. The zero-order chi connectivity index (χ0) is 21.0. The van der Waals surface area contributed by atoms with E-state index in [0.717, 1.165) is 28.0 Å². The van der Waals surface area contributed by atoms with E-state index < -0.39 is 0 Å². The van der Waals surface area contributed by atoms with Crippen LogP contribution in [0, 0.1) is 6.92 Å². The molecule has 29 heavy (non-hydrogen) atoms. The molecule has 1 N–H and O–H groups in total. The highest BCUT2D eigenvalue weighted by molar-refractivity contribution is 9.10. The molecule has 0 bridgehead atoms. The number of benzene rings is 1. The average Bonchev–Trinajstić information content (AvgIpc) is 2.79. The van der Waals surface area contributed by atoms with Crippen molar-refractivity contribution in [1.82, 2.24) is 19.9 Å². The van der Waals surface area contributed by atoms with Crippen LogP contribution >= 0.6 is 39.1 Å². The van der Waals surface area contributed by atoms with Gasteiger partial charge in [0.05, 0.1) is 7.11 Å². The maximum atomic E-state index is 6.60. The monoisotopic (exact) mass is 492 g/mol. The van der Waals surface area contributed by atoms with Gasteiger partial charge < -0.3 is 9.72 Å². The van der Waals surface area contributed by atoms with Crippen LogP contribution in [0.15, 0.2) is 53.7 Å². The number of aromatic amines is 1. The second-order valence-corrected chi connectivity index (χ2v) is 7.95. The second kappa shape index (κ2) is 9.57. The standard InChI is InChI=1S/C21H19BrCl2N4O/c1-12(21-27-8-7-26-18(24)10-17(22)28-21)15-9-16(23)13(2)19(20(15)29-3)14-5-4-6-25-11-14/h4-12,26H,1-3H3. The van der Waals surface area contributed by atoms with E-state index in [9.17, 15) is 0 Å². The van der Waals surface area contributed by atoms with Gasteiger partial charge in [-0.25, -0.2) is 9.97 Å². The molecule has 0 saturated carbocycles.